The van der Waals surface area contributed by atoms with Gasteiger partial charge in [0.2, 0.25) is 0 Å². The molecule has 0 fully saturated rings. The van der Waals surface area contributed by atoms with Crippen LogP contribution in [0.25, 0.3) is 22.4 Å². The third kappa shape index (κ3) is 4.99. The van der Waals surface area contributed by atoms with Crippen LogP contribution in [0.2, 0.25) is 0 Å². The third-order valence-corrected chi connectivity index (χ3v) is 6.84. The Morgan fingerprint density at radius 2 is 2.00 bits per heavy atom. The number of anilines is 1. The van der Waals surface area contributed by atoms with Crippen molar-refractivity contribution in [2.24, 2.45) is 0 Å². The van der Waals surface area contributed by atoms with E-state index in [0.29, 0.717) is 47.7 Å². The van der Waals surface area contributed by atoms with Crippen molar-refractivity contribution in [3.63, 3.8) is 0 Å². The number of aryl methyl sites for hydroxylation is 1. The van der Waals surface area contributed by atoms with Crippen LogP contribution in [0.15, 0.2) is 47.4 Å². The molecule has 1 amide bonds. The van der Waals surface area contributed by atoms with E-state index < -0.39 is 0 Å². The summed E-state index contributed by atoms with van der Waals surface area (Å²) in [5.74, 6) is 0.164. The molecular weight excluding hydrogens is 471 g/mol. The quantitative estimate of drug-likeness (QED) is 0.339. The van der Waals surface area contributed by atoms with Gasteiger partial charge in [-0.3, -0.25) is 9.59 Å². The summed E-state index contributed by atoms with van der Waals surface area (Å²) in [5.41, 5.74) is 5.67. The number of likely N-dealkylation sites (N-methyl/N-ethyl adjacent to an activating group) is 1. The third-order valence-electron chi connectivity index (χ3n) is 6.84. The van der Waals surface area contributed by atoms with Crippen LogP contribution in [0, 0.1) is 12.7 Å². The zero-order chi connectivity index (χ0) is 26.3. The second-order valence-electron chi connectivity index (χ2n) is 10.1. The molecule has 0 saturated carbocycles. The van der Waals surface area contributed by atoms with Crippen LogP contribution in [-0.4, -0.2) is 63.9 Å². The highest BCUT2D eigenvalue weighted by Crippen LogP contribution is 2.30. The Morgan fingerprint density at radius 1 is 1.19 bits per heavy atom. The van der Waals surface area contributed by atoms with Crippen molar-refractivity contribution < 1.29 is 9.18 Å². The van der Waals surface area contributed by atoms with Crippen molar-refractivity contribution in [1.82, 2.24) is 24.8 Å². The molecule has 0 bridgehead atoms. The Bertz CT molecular complexity index is 1540. The first kappa shape index (κ1) is 24.7. The van der Waals surface area contributed by atoms with Crippen molar-refractivity contribution in [3.8, 4) is 11.4 Å². The highest BCUT2D eigenvalue weighted by molar-refractivity contribution is 6.02. The van der Waals surface area contributed by atoms with E-state index in [4.69, 9.17) is 0 Å². The lowest BCUT2D eigenvalue weighted by Gasteiger charge is -2.18. The number of nitrogens with one attached hydrogen (secondary N) is 3. The average molecular weight is 503 g/mol. The summed E-state index contributed by atoms with van der Waals surface area (Å²) in [6.45, 7) is 5.96. The van der Waals surface area contributed by atoms with Gasteiger partial charge in [-0.1, -0.05) is 6.07 Å². The molecule has 0 saturated heterocycles. The first-order valence-corrected chi connectivity index (χ1v) is 12.4. The Balaban J connectivity index is 1.42. The van der Waals surface area contributed by atoms with E-state index in [-0.39, 0.29) is 23.3 Å². The van der Waals surface area contributed by atoms with Gasteiger partial charge in [0.15, 0.2) is 0 Å². The van der Waals surface area contributed by atoms with Gasteiger partial charge in [-0.2, -0.15) is 0 Å². The number of benzene rings is 2. The minimum absolute atomic E-state index is 0.00433. The lowest BCUT2D eigenvalue weighted by atomic mass is 10.0. The number of aromatic nitrogens is 3. The zero-order valence-corrected chi connectivity index (χ0v) is 21.5. The molecule has 3 heterocycles. The fourth-order valence-electron chi connectivity index (χ4n) is 4.84. The van der Waals surface area contributed by atoms with E-state index in [2.05, 4.69) is 25.2 Å². The van der Waals surface area contributed by atoms with Gasteiger partial charge in [0, 0.05) is 37.4 Å². The number of hydrogen-bond donors (Lipinski definition) is 3. The zero-order valence-electron chi connectivity index (χ0n) is 21.5. The number of fused-ring (bicyclic) bond motifs is 2. The molecule has 2 aromatic carbocycles. The van der Waals surface area contributed by atoms with E-state index in [1.165, 1.54) is 6.07 Å². The summed E-state index contributed by atoms with van der Waals surface area (Å²) < 4.78 is 13.8. The Morgan fingerprint density at radius 3 is 2.78 bits per heavy atom. The van der Waals surface area contributed by atoms with Gasteiger partial charge in [-0.05, 0) is 81.4 Å². The molecule has 3 N–H and O–H groups in total. The van der Waals surface area contributed by atoms with Crippen LogP contribution in [0.5, 0.6) is 0 Å². The molecule has 9 heteroatoms. The van der Waals surface area contributed by atoms with Crippen LogP contribution in [0.1, 0.15) is 34.0 Å². The van der Waals surface area contributed by atoms with Crippen LogP contribution in [-0.2, 0) is 13.0 Å². The van der Waals surface area contributed by atoms with Crippen molar-refractivity contribution in [1.29, 1.82) is 0 Å². The second-order valence-corrected chi connectivity index (χ2v) is 10.1. The normalized spacial score (nSPS) is 14.0. The fraction of sp³-hybridized carbons (Fsp3) is 0.321. The summed E-state index contributed by atoms with van der Waals surface area (Å²) in [6.07, 6.45) is 2.18. The van der Waals surface area contributed by atoms with E-state index in [1.54, 1.807) is 24.4 Å². The number of carbonyl (C=O) groups excluding carboxylic acids is 1. The molecule has 0 unspecified atom stereocenters. The standard InChI is InChI=1S/C28H31FN6O2/c1-16-5-6-20(29)12-18(16)11-17(2)31-22-7-8-30-27(36)25(22)26-32-23-13-19-15-35(10-9-34(3)4)28(37)21(19)14-24(23)33-26/h5-8,12-14,17H,9-11,15H2,1-4H3,(H,32,33)(H2,30,31,36)/t17-/m1/s1. The van der Waals surface area contributed by atoms with Gasteiger partial charge in [0.1, 0.15) is 17.2 Å². The van der Waals surface area contributed by atoms with Crippen molar-refractivity contribution >= 4 is 22.6 Å². The minimum atomic E-state index is -0.281. The SMILES string of the molecule is Cc1ccc(F)cc1C[C@@H](C)Nc1cc[nH]c(=O)c1-c1nc2cc3c(cc2[nH]1)CN(CCN(C)C)C3=O. The number of H-pyrrole nitrogens is 2. The monoisotopic (exact) mass is 502 g/mol. The Kier molecular flexibility index (Phi) is 6.55. The maximum Gasteiger partial charge on any atom is 0.261 e. The number of aromatic amines is 2. The average Bonchev–Trinajstić information content (AvgIpc) is 3.38. The molecule has 1 aliphatic rings. The summed E-state index contributed by atoms with van der Waals surface area (Å²) in [5, 5.41) is 3.40. The molecule has 0 aliphatic carbocycles. The number of carbonyl (C=O) groups is 1. The van der Waals surface area contributed by atoms with Gasteiger partial charge in [-0.25, -0.2) is 9.37 Å². The van der Waals surface area contributed by atoms with Crippen LogP contribution in [0.4, 0.5) is 10.1 Å². The lowest BCUT2D eigenvalue weighted by Crippen LogP contribution is -2.31. The van der Waals surface area contributed by atoms with Gasteiger partial charge in [-0.15, -0.1) is 0 Å². The van der Waals surface area contributed by atoms with Crippen LogP contribution >= 0.6 is 0 Å². The molecule has 8 nitrogen and oxygen atoms in total. The van der Waals surface area contributed by atoms with Crippen LogP contribution < -0.4 is 10.9 Å². The number of hydrogen-bond acceptors (Lipinski definition) is 5. The number of pyridine rings is 1. The predicted molar refractivity (Wildman–Crippen MR) is 143 cm³/mol. The number of halogens is 1. The van der Waals surface area contributed by atoms with Gasteiger partial charge >= 0.3 is 0 Å². The fourth-order valence-corrected chi connectivity index (χ4v) is 4.84. The maximum atomic E-state index is 13.8. The Hall–Kier alpha value is -3.98. The van der Waals surface area contributed by atoms with Crippen molar-refractivity contribution in [3.05, 3.63) is 81.0 Å². The predicted octanol–water partition coefficient (Wildman–Crippen LogP) is 3.93. The molecule has 1 atom stereocenters. The molecule has 192 valence electrons. The smallest absolute Gasteiger partial charge is 0.261 e. The second kappa shape index (κ2) is 9.82. The molecule has 2 aromatic heterocycles. The summed E-state index contributed by atoms with van der Waals surface area (Å²) >= 11 is 0. The highest BCUT2D eigenvalue weighted by atomic mass is 19.1. The number of amides is 1. The number of nitrogens with zero attached hydrogens (tertiary/aromatic N) is 3. The largest absolute Gasteiger partial charge is 0.381 e. The van der Waals surface area contributed by atoms with E-state index in [9.17, 15) is 14.0 Å². The molecule has 37 heavy (non-hydrogen) atoms. The van der Waals surface area contributed by atoms with Gasteiger partial charge in [0.25, 0.3) is 11.5 Å². The molecule has 5 rings (SSSR count). The highest BCUT2D eigenvalue weighted by Gasteiger charge is 2.28. The summed E-state index contributed by atoms with van der Waals surface area (Å²) in [6, 6.07) is 10.3. The molecule has 0 spiro atoms. The van der Waals surface area contributed by atoms with Gasteiger partial charge in [0.05, 0.1) is 16.7 Å². The van der Waals surface area contributed by atoms with Gasteiger partial charge < -0.3 is 25.1 Å². The number of imidazole rings is 1. The molecule has 4 aromatic rings. The lowest BCUT2D eigenvalue weighted by molar-refractivity contribution is 0.0768. The maximum absolute atomic E-state index is 13.8. The first-order chi connectivity index (χ1) is 17.7. The molecule has 0 radical (unpaired) electrons. The minimum Gasteiger partial charge on any atom is -0.381 e. The van der Waals surface area contributed by atoms with E-state index >= 15 is 0 Å². The summed E-state index contributed by atoms with van der Waals surface area (Å²) in [7, 11) is 3.97. The van der Waals surface area contributed by atoms with Crippen molar-refractivity contribution in [2.75, 3.05) is 32.5 Å². The van der Waals surface area contributed by atoms with Crippen molar-refractivity contribution in [2.45, 2.75) is 32.9 Å². The topological polar surface area (TPSA) is 97.1 Å². The molecule has 1 aliphatic heterocycles. The summed E-state index contributed by atoms with van der Waals surface area (Å²) in [4.78, 5) is 40.4. The van der Waals surface area contributed by atoms with E-state index in [1.807, 2.05) is 45.0 Å². The first-order valence-electron chi connectivity index (χ1n) is 12.4. The number of rotatable bonds is 8. The van der Waals surface area contributed by atoms with Crippen LogP contribution in [0.3, 0.4) is 0 Å². The van der Waals surface area contributed by atoms with E-state index in [0.717, 1.165) is 28.8 Å². The Labute approximate surface area is 214 Å². The molecular formula is C28H31FN6O2.